The summed E-state index contributed by atoms with van der Waals surface area (Å²) < 4.78 is 172. The first-order valence-corrected chi connectivity index (χ1v) is 7.40. The van der Waals surface area contributed by atoms with Gasteiger partial charge in [0.25, 0.3) is 11.6 Å². The van der Waals surface area contributed by atoms with Crippen LogP contribution in [0.4, 0.5) is 57.1 Å². The molecule has 2 aliphatic rings. The standard InChI is InChI=1S/C12H6ClF13O2/c13-4-2-1-3(8(15,16)7(2,14)11(21,22)23)5(4)28-6(27)9(17,18)10(19,20)12(24,25)26/h2-5H,1H2. The Morgan fingerprint density at radius 1 is 0.893 bits per heavy atom. The quantitative estimate of drug-likeness (QED) is 0.338. The molecule has 0 N–H and O–H groups in total. The number of fused-ring (bicyclic) bond motifs is 2. The monoisotopic (exact) mass is 464 g/mol. The molecular formula is C12H6ClF13O2. The predicted octanol–water partition coefficient (Wildman–Crippen LogP) is 4.89. The summed E-state index contributed by atoms with van der Waals surface area (Å²) in [5.41, 5.74) is -5.24. The van der Waals surface area contributed by atoms with E-state index >= 15 is 0 Å². The van der Waals surface area contributed by atoms with Crippen LogP contribution in [0.25, 0.3) is 0 Å². The summed E-state index contributed by atoms with van der Waals surface area (Å²) in [5, 5.41) is -2.55. The predicted molar refractivity (Wildman–Crippen MR) is 61.9 cm³/mol. The van der Waals surface area contributed by atoms with Gasteiger partial charge in [-0.1, -0.05) is 0 Å². The smallest absolute Gasteiger partial charge is 0.456 e. The molecule has 5 atom stereocenters. The van der Waals surface area contributed by atoms with Crippen LogP contribution >= 0.6 is 11.6 Å². The van der Waals surface area contributed by atoms with Crippen LogP contribution in [-0.2, 0) is 9.53 Å². The molecule has 2 nitrogen and oxygen atoms in total. The number of hydrogen-bond donors (Lipinski definition) is 0. The van der Waals surface area contributed by atoms with Crippen molar-refractivity contribution in [1.29, 1.82) is 0 Å². The lowest BCUT2D eigenvalue weighted by molar-refractivity contribution is -0.351. The molecule has 0 saturated heterocycles. The summed E-state index contributed by atoms with van der Waals surface area (Å²) in [6.07, 6.45) is -17.5. The largest absolute Gasteiger partial charge is 0.460 e. The highest BCUT2D eigenvalue weighted by molar-refractivity contribution is 6.21. The summed E-state index contributed by atoms with van der Waals surface area (Å²) in [6, 6.07) is 0. The molecule has 2 saturated carbocycles. The zero-order valence-electron chi connectivity index (χ0n) is 12.6. The summed E-state index contributed by atoms with van der Waals surface area (Å²) in [5.74, 6) is -28.4. The number of halogens is 14. The molecule has 5 unspecified atom stereocenters. The van der Waals surface area contributed by atoms with Gasteiger partial charge >= 0.3 is 30.2 Å². The topological polar surface area (TPSA) is 26.3 Å². The molecule has 0 heterocycles. The number of ether oxygens (including phenoxy) is 1. The van der Waals surface area contributed by atoms with Gasteiger partial charge in [-0.05, 0) is 6.42 Å². The third-order valence-corrected chi connectivity index (χ3v) is 5.28. The molecule has 0 aliphatic heterocycles. The molecular weight excluding hydrogens is 459 g/mol. The number of alkyl halides is 14. The van der Waals surface area contributed by atoms with E-state index in [4.69, 9.17) is 11.6 Å². The summed E-state index contributed by atoms with van der Waals surface area (Å²) >= 11 is 5.29. The third-order valence-electron chi connectivity index (χ3n) is 4.73. The van der Waals surface area contributed by atoms with Crippen molar-refractivity contribution < 1.29 is 66.6 Å². The Labute approximate surface area is 150 Å². The van der Waals surface area contributed by atoms with E-state index in [0.29, 0.717) is 0 Å². The number of esters is 1. The summed E-state index contributed by atoms with van der Waals surface area (Å²) in [6.45, 7) is 0. The van der Waals surface area contributed by atoms with Crippen molar-refractivity contribution in [1.82, 2.24) is 0 Å². The fourth-order valence-electron chi connectivity index (χ4n) is 3.29. The zero-order valence-corrected chi connectivity index (χ0v) is 13.4. The number of carbonyl (C=O) groups excluding carboxylic acids is 1. The van der Waals surface area contributed by atoms with Crippen LogP contribution in [0.3, 0.4) is 0 Å². The maximum atomic E-state index is 14.1. The molecule has 16 heteroatoms. The van der Waals surface area contributed by atoms with Gasteiger partial charge in [-0.3, -0.25) is 0 Å². The van der Waals surface area contributed by atoms with Gasteiger partial charge in [0, 0.05) is 5.92 Å². The molecule has 0 aromatic carbocycles. The molecule has 0 amide bonds. The van der Waals surface area contributed by atoms with Gasteiger partial charge in [0.1, 0.15) is 6.10 Å². The molecule has 0 radical (unpaired) electrons. The second kappa shape index (κ2) is 5.94. The van der Waals surface area contributed by atoms with Crippen LogP contribution in [0.2, 0.25) is 0 Å². The van der Waals surface area contributed by atoms with E-state index in [9.17, 15) is 61.9 Å². The third kappa shape index (κ3) is 2.66. The Morgan fingerprint density at radius 2 is 1.36 bits per heavy atom. The highest BCUT2D eigenvalue weighted by Gasteiger charge is 2.87. The molecule has 0 spiro atoms. The van der Waals surface area contributed by atoms with Crippen molar-refractivity contribution >= 4 is 17.6 Å². The average molecular weight is 465 g/mol. The first kappa shape index (κ1) is 23.1. The molecule has 0 aromatic rings. The molecule has 0 aromatic heterocycles. The van der Waals surface area contributed by atoms with E-state index in [1.165, 1.54) is 0 Å². The number of rotatable bonds is 3. The lowest BCUT2D eigenvalue weighted by atomic mass is 9.80. The van der Waals surface area contributed by atoms with Crippen molar-refractivity contribution in [2.75, 3.05) is 0 Å². The lowest BCUT2D eigenvalue weighted by Crippen LogP contribution is -2.65. The molecule has 2 aliphatic carbocycles. The maximum absolute atomic E-state index is 14.1. The van der Waals surface area contributed by atoms with Gasteiger partial charge in [0.05, 0.1) is 11.3 Å². The van der Waals surface area contributed by atoms with Crippen LogP contribution in [-0.4, -0.2) is 53.2 Å². The van der Waals surface area contributed by atoms with Crippen LogP contribution in [0.5, 0.6) is 0 Å². The van der Waals surface area contributed by atoms with Crippen molar-refractivity contribution in [3.05, 3.63) is 0 Å². The summed E-state index contributed by atoms with van der Waals surface area (Å²) in [4.78, 5) is 11.1. The second-order valence-corrected chi connectivity index (χ2v) is 6.75. The molecule has 28 heavy (non-hydrogen) atoms. The van der Waals surface area contributed by atoms with Gasteiger partial charge in [0.15, 0.2) is 0 Å². The zero-order chi connectivity index (χ0) is 22.3. The summed E-state index contributed by atoms with van der Waals surface area (Å²) in [7, 11) is 0. The molecule has 164 valence electrons. The molecule has 2 rings (SSSR count). The Kier molecular flexibility index (Phi) is 4.91. The maximum Gasteiger partial charge on any atom is 0.460 e. The molecule has 2 bridgehead atoms. The highest BCUT2D eigenvalue weighted by atomic mass is 35.5. The first-order chi connectivity index (χ1) is 12.2. The lowest BCUT2D eigenvalue weighted by Gasteiger charge is -2.43. The van der Waals surface area contributed by atoms with E-state index in [1.54, 1.807) is 0 Å². The Morgan fingerprint density at radius 3 is 1.75 bits per heavy atom. The van der Waals surface area contributed by atoms with Crippen LogP contribution in [0.1, 0.15) is 6.42 Å². The normalized spacial score (nSPS) is 35.9. The highest BCUT2D eigenvalue weighted by Crippen LogP contribution is 2.68. The number of carbonyl (C=O) groups is 1. The van der Waals surface area contributed by atoms with Crippen LogP contribution < -0.4 is 0 Å². The number of hydrogen-bond acceptors (Lipinski definition) is 2. The van der Waals surface area contributed by atoms with E-state index in [-0.39, 0.29) is 0 Å². The van der Waals surface area contributed by atoms with Gasteiger partial charge in [-0.15, -0.1) is 11.6 Å². The van der Waals surface area contributed by atoms with Gasteiger partial charge in [0.2, 0.25) is 0 Å². The minimum absolute atomic E-state index is 1.45. The van der Waals surface area contributed by atoms with Crippen molar-refractivity contribution in [2.24, 2.45) is 11.8 Å². The van der Waals surface area contributed by atoms with Crippen molar-refractivity contribution in [3.8, 4) is 0 Å². The Balaban J connectivity index is 2.33. The second-order valence-electron chi connectivity index (χ2n) is 6.24. The van der Waals surface area contributed by atoms with E-state index in [2.05, 4.69) is 4.74 Å². The van der Waals surface area contributed by atoms with Gasteiger partial charge < -0.3 is 4.74 Å². The van der Waals surface area contributed by atoms with Crippen LogP contribution in [0, 0.1) is 11.8 Å². The van der Waals surface area contributed by atoms with E-state index in [0.717, 1.165) is 0 Å². The minimum atomic E-state index is -6.99. The fourth-order valence-corrected chi connectivity index (χ4v) is 3.80. The fraction of sp³-hybridized carbons (Fsp3) is 0.917. The van der Waals surface area contributed by atoms with E-state index in [1.807, 2.05) is 0 Å². The van der Waals surface area contributed by atoms with Crippen molar-refractivity contribution in [2.45, 2.75) is 53.7 Å². The minimum Gasteiger partial charge on any atom is -0.456 e. The van der Waals surface area contributed by atoms with Crippen molar-refractivity contribution in [3.63, 3.8) is 0 Å². The van der Waals surface area contributed by atoms with Crippen LogP contribution in [0.15, 0.2) is 0 Å². The van der Waals surface area contributed by atoms with Gasteiger partial charge in [-0.2, -0.15) is 43.9 Å². The first-order valence-electron chi connectivity index (χ1n) is 6.96. The average Bonchev–Trinajstić information content (AvgIpc) is 2.91. The Hall–Kier alpha value is -1.15. The molecule has 2 fully saturated rings. The Bertz CT molecular complexity index is 657. The van der Waals surface area contributed by atoms with E-state index < -0.39 is 71.5 Å². The van der Waals surface area contributed by atoms with Gasteiger partial charge in [-0.25, -0.2) is 18.0 Å². The SMILES string of the molecule is O=C(OC1C(Cl)C2CC1C(F)(F)C2(F)C(F)(F)F)C(F)(F)C(F)(F)C(F)(F)F.